The van der Waals surface area contributed by atoms with Gasteiger partial charge < -0.3 is 34.9 Å². The van der Waals surface area contributed by atoms with Crippen LogP contribution in [0.5, 0.6) is 0 Å². The van der Waals surface area contributed by atoms with Crippen molar-refractivity contribution >= 4 is 40.1 Å². The van der Waals surface area contributed by atoms with E-state index in [0.717, 1.165) is 24.3 Å². The number of hydrogen-bond donors (Lipinski definition) is 4. The van der Waals surface area contributed by atoms with Gasteiger partial charge in [-0.3, -0.25) is 9.36 Å². The minimum Gasteiger partial charge on any atom is -0.421 e. The number of hydrogen-bond acceptors (Lipinski definition) is 12. The Morgan fingerprint density at radius 1 is 1.18 bits per heavy atom. The summed E-state index contributed by atoms with van der Waals surface area (Å²) in [5.41, 5.74) is 3.63. The molecule has 0 aliphatic carbocycles. The zero-order valence-electron chi connectivity index (χ0n) is 21.8. The van der Waals surface area contributed by atoms with Gasteiger partial charge in [-0.1, -0.05) is 0 Å². The van der Waals surface area contributed by atoms with E-state index in [1.807, 2.05) is 38.7 Å². The molecule has 0 spiro atoms. The standard InChI is InChI=1S/C24H31N9O5/c1-6-32(7-2)24-31-20-17(38-24)11(3)8-13(30-20)12(4)29-19-14-21(27-9-26-19)33(10-28-14)23-16(35)15(34)18(37-23)22(36)25-5/h8-10,12,15-16,18,23,34-35H,6-7H2,1-5H3,(H,25,36)(H,26,27,29)/t12-,15-,16+,18-,23+/m0/s1. The Morgan fingerprint density at radius 3 is 2.66 bits per heavy atom. The molecule has 1 aliphatic heterocycles. The fourth-order valence-corrected chi connectivity index (χ4v) is 4.60. The molecule has 1 amide bonds. The Bertz CT molecular complexity index is 1470. The number of nitrogens with zero attached hydrogens (tertiary/aromatic N) is 7. The summed E-state index contributed by atoms with van der Waals surface area (Å²) in [5, 5.41) is 26.6. The zero-order chi connectivity index (χ0) is 27.1. The van der Waals surface area contributed by atoms with E-state index in [-0.39, 0.29) is 6.04 Å². The molecule has 4 aromatic heterocycles. The summed E-state index contributed by atoms with van der Waals surface area (Å²) in [6, 6.07) is 2.21. The molecular formula is C24H31N9O5. The van der Waals surface area contributed by atoms with Crippen LogP contribution >= 0.6 is 0 Å². The summed E-state index contributed by atoms with van der Waals surface area (Å²) in [5.74, 6) is -0.0916. The van der Waals surface area contributed by atoms with Gasteiger partial charge in [0.15, 0.2) is 34.9 Å². The first-order chi connectivity index (χ1) is 18.3. The van der Waals surface area contributed by atoms with Crippen LogP contribution in [0.2, 0.25) is 0 Å². The van der Waals surface area contributed by atoms with Gasteiger partial charge in [0, 0.05) is 20.1 Å². The molecule has 0 saturated carbocycles. The maximum atomic E-state index is 12.0. The molecule has 5 heterocycles. The predicted molar refractivity (Wildman–Crippen MR) is 137 cm³/mol. The number of carbonyl (C=O) groups is 1. The van der Waals surface area contributed by atoms with Gasteiger partial charge in [0.1, 0.15) is 18.5 Å². The summed E-state index contributed by atoms with van der Waals surface area (Å²) in [7, 11) is 1.43. The molecule has 1 fully saturated rings. The number of carbonyl (C=O) groups excluding carboxylic acids is 1. The third-order valence-corrected chi connectivity index (χ3v) is 6.76. The average Bonchev–Trinajstić information content (AvgIpc) is 3.61. The smallest absolute Gasteiger partial charge is 0.299 e. The van der Waals surface area contributed by atoms with E-state index in [1.165, 1.54) is 24.3 Å². The number of amides is 1. The minimum atomic E-state index is -1.40. The van der Waals surface area contributed by atoms with E-state index in [0.29, 0.717) is 34.2 Å². The number of aliphatic hydroxyl groups is 2. The molecule has 0 bridgehead atoms. The fourth-order valence-electron chi connectivity index (χ4n) is 4.60. The quantitative estimate of drug-likeness (QED) is 0.258. The van der Waals surface area contributed by atoms with E-state index in [2.05, 4.69) is 30.6 Å². The van der Waals surface area contributed by atoms with E-state index in [1.54, 1.807) is 0 Å². The lowest BCUT2D eigenvalue weighted by Gasteiger charge is -2.17. The van der Waals surface area contributed by atoms with Gasteiger partial charge >= 0.3 is 0 Å². The van der Waals surface area contributed by atoms with Crippen LogP contribution < -0.4 is 15.5 Å². The molecule has 1 aliphatic rings. The minimum absolute atomic E-state index is 0.275. The lowest BCUT2D eigenvalue weighted by atomic mass is 10.1. The van der Waals surface area contributed by atoms with Crippen LogP contribution in [0.1, 0.15) is 44.3 Å². The van der Waals surface area contributed by atoms with E-state index < -0.39 is 30.4 Å². The Morgan fingerprint density at radius 2 is 1.95 bits per heavy atom. The SMILES string of the molecule is CCN(CC)c1nc2nc([C@H](C)Nc3ncnc4c3ncn4[C@@H]3O[C@H](C(=O)NC)[C@@H](O)[C@H]3O)cc(C)c2o1. The molecule has 5 atom stereocenters. The number of aliphatic hydroxyl groups excluding tert-OH is 2. The number of rotatable bonds is 8. The van der Waals surface area contributed by atoms with Crippen LogP contribution in [0, 0.1) is 6.92 Å². The molecule has 202 valence electrons. The van der Waals surface area contributed by atoms with Gasteiger partial charge in [-0.05, 0) is 39.3 Å². The van der Waals surface area contributed by atoms with Crippen molar-refractivity contribution < 1.29 is 24.2 Å². The van der Waals surface area contributed by atoms with Crippen LogP contribution in [-0.2, 0) is 9.53 Å². The third-order valence-electron chi connectivity index (χ3n) is 6.76. The molecule has 1 saturated heterocycles. The van der Waals surface area contributed by atoms with Crippen LogP contribution in [0.4, 0.5) is 11.8 Å². The second-order valence-corrected chi connectivity index (χ2v) is 9.14. The van der Waals surface area contributed by atoms with Crippen molar-refractivity contribution in [2.75, 3.05) is 30.4 Å². The normalized spacial score (nSPS) is 22.2. The second kappa shape index (κ2) is 10.1. The highest BCUT2D eigenvalue weighted by molar-refractivity contribution is 5.83. The van der Waals surface area contributed by atoms with Gasteiger partial charge in [-0.15, -0.1) is 0 Å². The van der Waals surface area contributed by atoms with E-state index in [9.17, 15) is 15.0 Å². The molecule has 0 aromatic carbocycles. The Balaban J connectivity index is 1.42. The monoisotopic (exact) mass is 525 g/mol. The number of imidazole rings is 1. The summed E-state index contributed by atoms with van der Waals surface area (Å²) >= 11 is 0. The molecule has 4 aromatic rings. The molecular weight excluding hydrogens is 494 g/mol. The van der Waals surface area contributed by atoms with E-state index in [4.69, 9.17) is 14.1 Å². The zero-order valence-corrected chi connectivity index (χ0v) is 21.8. The fraction of sp³-hybridized carbons (Fsp3) is 0.500. The number of nitrogens with one attached hydrogen (secondary N) is 2. The van der Waals surface area contributed by atoms with Gasteiger partial charge in [0.25, 0.3) is 11.9 Å². The predicted octanol–water partition coefficient (Wildman–Crippen LogP) is 1.06. The maximum Gasteiger partial charge on any atom is 0.299 e. The van der Waals surface area contributed by atoms with Crippen LogP contribution in [0.15, 0.2) is 23.1 Å². The third kappa shape index (κ3) is 4.29. The van der Waals surface area contributed by atoms with Crippen molar-refractivity contribution in [3.63, 3.8) is 0 Å². The number of oxazole rings is 1. The van der Waals surface area contributed by atoms with Crippen LogP contribution in [0.3, 0.4) is 0 Å². The maximum absolute atomic E-state index is 12.0. The number of anilines is 2. The first-order valence-corrected chi connectivity index (χ1v) is 12.5. The van der Waals surface area contributed by atoms with Crippen molar-refractivity contribution in [3.05, 3.63) is 30.0 Å². The topological polar surface area (TPSA) is 177 Å². The van der Waals surface area contributed by atoms with Gasteiger partial charge in [-0.25, -0.2) is 19.9 Å². The van der Waals surface area contributed by atoms with Gasteiger partial charge in [-0.2, -0.15) is 4.98 Å². The van der Waals surface area contributed by atoms with Gasteiger partial charge in [0.05, 0.1) is 18.1 Å². The Hall–Kier alpha value is -3.88. The highest BCUT2D eigenvalue weighted by Crippen LogP contribution is 2.33. The molecule has 4 N–H and O–H groups in total. The molecule has 38 heavy (non-hydrogen) atoms. The average molecular weight is 526 g/mol. The summed E-state index contributed by atoms with van der Waals surface area (Å²) in [6.45, 7) is 9.53. The molecule has 5 rings (SSSR count). The highest BCUT2D eigenvalue weighted by atomic mass is 16.6. The van der Waals surface area contributed by atoms with E-state index >= 15 is 0 Å². The van der Waals surface area contributed by atoms with Gasteiger partial charge in [0.2, 0.25) is 5.65 Å². The van der Waals surface area contributed by atoms with Crippen LogP contribution in [0.25, 0.3) is 22.4 Å². The Labute approximate surface area is 218 Å². The summed E-state index contributed by atoms with van der Waals surface area (Å²) in [4.78, 5) is 36.5. The number of fused-ring (bicyclic) bond motifs is 2. The molecule has 14 heteroatoms. The lowest BCUT2D eigenvalue weighted by Crippen LogP contribution is -2.41. The second-order valence-electron chi connectivity index (χ2n) is 9.14. The first kappa shape index (κ1) is 25.8. The van der Waals surface area contributed by atoms with Crippen molar-refractivity contribution in [1.82, 2.24) is 34.8 Å². The van der Waals surface area contributed by atoms with Crippen LogP contribution in [-0.4, -0.2) is 84.1 Å². The Kier molecular flexibility index (Phi) is 6.86. The van der Waals surface area contributed by atoms with Crippen molar-refractivity contribution in [2.24, 2.45) is 0 Å². The number of aryl methyl sites for hydroxylation is 1. The number of ether oxygens (including phenoxy) is 1. The molecule has 0 radical (unpaired) electrons. The van der Waals surface area contributed by atoms with Crippen molar-refractivity contribution in [2.45, 2.75) is 58.3 Å². The number of aromatic nitrogens is 6. The first-order valence-electron chi connectivity index (χ1n) is 12.5. The molecule has 14 nitrogen and oxygen atoms in total. The lowest BCUT2D eigenvalue weighted by molar-refractivity contribution is -0.137. The van der Waals surface area contributed by atoms with Crippen molar-refractivity contribution in [3.8, 4) is 0 Å². The number of likely N-dealkylation sites (N-methyl/N-ethyl adjacent to an activating group) is 1. The summed E-state index contributed by atoms with van der Waals surface area (Å²) < 4.78 is 13.1. The molecule has 0 unspecified atom stereocenters. The highest BCUT2D eigenvalue weighted by Gasteiger charge is 2.47. The largest absolute Gasteiger partial charge is 0.421 e. The van der Waals surface area contributed by atoms with Crippen molar-refractivity contribution in [1.29, 1.82) is 0 Å². The summed E-state index contributed by atoms with van der Waals surface area (Å²) in [6.07, 6.45) is -2.25. The number of pyridine rings is 1.